The lowest BCUT2D eigenvalue weighted by atomic mass is 9.89. The first-order valence-electron chi connectivity index (χ1n) is 9.51. The standard InChI is InChI=1S/C20H28N2O3S/c1-15-18(19(23)9-6-12-26(2,24)25)11-10-17-14-22(21-20(15)17)13-16-7-4-3-5-8-16/h10-11,14,16H,3-9,12-13H2,1-2H3. The average Bonchev–Trinajstić information content (AvgIpc) is 2.98. The summed E-state index contributed by atoms with van der Waals surface area (Å²) in [5.41, 5.74) is 2.44. The first-order chi connectivity index (χ1) is 12.3. The molecule has 1 aliphatic rings. The lowest BCUT2D eigenvalue weighted by Gasteiger charge is -2.21. The van der Waals surface area contributed by atoms with Crippen molar-refractivity contribution in [3.05, 3.63) is 29.5 Å². The van der Waals surface area contributed by atoms with Crippen molar-refractivity contribution in [3.8, 4) is 0 Å². The van der Waals surface area contributed by atoms with Crippen molar-refractivity contribution in [2.45, 2.75) is 58.4 Å². The van der Waals surface area contributed by atoms with Gasteiger partial charge >= 0.3 is 0 Å². The molecule has 5 nitrogen and oxygen atoms in total. The first-order valence-corrected chi connectivity index (χ1v) is 11.6. The predicted octanol–water partition coefficient (Wildman–Crippen LogP) is 3.93. The van der Waals surface area contributed by atoms with Gasteiger partial charge in [0.25, 0.3) is 0 Å². The molecule has 0 bridgehead atoms. The highest BCUT2D eigenvalue weighted by Gasteiger charge is 2.17. The van der Waals surface area contributed by atoms with Crippen LogP contribution in [0.15, 0.2) is 18.3 Å². The van der Waals surface area contributed by atoms with Gasteiger partial charge in [-0.15, -0.1) is 0 Å². The lowest BCUT2D eigenvalue weighted by Crippen LogP contribution is -2.14. The third-order valence-electron chi connectivity index (χ3n) is 5.37. The number of aryl methyl sites for hydroxylation is 1. The van der Waals surface area contributed by atoms with E-state index in [0.717, 1.165) is 23.0 Å². The number of hydrogen-bond acceptors (Lipinski definition) is 4. The summed E-state index contributed by atoms with van der Waals surface area (Å²) < 4.78 is 24.5. The van der Waals surface area contributed by atoms with Crippen LogP contribution in [0.25, 0.3) is 10.9 Å². The average molecular weight is 377 g/mol. The van der Waals surface area contributed by atoms with Crippen molar-refractivity contribution >= 4 is 26.5 Å². The number of carbonyl (C=O) groups is 1. The van der Waals surface area contributed by atoms with Crippen molar-refractivity contribution in [2.24, 2.45) is 5.92 Å². The molecule has 2 aromatic rings. The number of Topliss-reactive ketones (excluding diaryl/α,β-unsaturated/α-hetero) is 1. The summed E-state index contributed by atoms with van der Waals surface area (Å²) in [6.45, 7) is 2.88. The van der Waals surface area contributed by atoms with Crippen LogP contribution in [-0.2, 0) is 16.4 Å². The third kappa shape index (κ3) is 4.72. The molecule has 0 atom stereocenters. The van der Waals surface area contributed by atoms with Gasteiger partial charge in [0.05, 0.1) is 11.3 Å². The van der Waals surface area contributed by atoms with Gasteiger partial charge in [0.2, 0.25) is 0 Å². The molecule has 1 fully saturated rings. The molecule has 1 aliphatic carbocycles. The molecular weight excluding hydrogens is 348 g/mol. The highest BCUT2D eigenvalue weighted by atomic mass is 32.2. The summed E-state index contributed by atoms with van der Waals surface area (Å²) in [6, 6.07) is 3.81. The summed E-state index contributed by atoms with van der Waals surface area (Å²) in [6.07, 6.45) is 10.4. The van der Waals surface area contributed by atoms with Gasteiger partial charge in [-0.3, -0.25) is 9.48 Å². The molecule has 142 valence electrons. The number of nitrogens with zero attached hydrogens (tertiary/aromatic N) is 2. The van der Waals surface area contributed by atoms with Crippen LogP contribution in [0, 0.1) is 12.8 Å². The van der Waals surface area contributed by atoms with Gasteiger partial charge in [-0.25, -0.2) is 8.42 Å². The van der Waals surface area contributed by atoms with E-state index in [1.165, 1.54) is 38.4 Å². The fourth-order valence-electron chi connectivity index (χ4n) is 3.94. The number of benzene rings is 1. The summed E-state index contributed by atoms with van der Waals surface area (Å²) in [5, 5.41) is 5.80. The topological polar surface area (TPSA) is 69.0 Å². The van der Waals surface area contributed by atoms with Crippen molar-refractivity contribution in [1.29, 1.82) is 0 Å². The second-order valence-electron chi connectivity index (χ2n) is 7.69. The summed E-state index contributed by atoms with van der Waals surface area (Å²) in [5.74, 6) is 0.751. The maximum Gasteiger partial charge on any atom is 0.163 e. The molecule has 0 radical (unpaired) electrons. The number of ketones is 1. The molecule has 0 amide bonds. The summed E-state index contributed by atoms with van der Waals surface area (Å²) in [7, 11) is -3.03. The number of sulfone groups is 1. The van der Waals surface area contributed by atoms with E-state index in [1.807, 2.05) is 23.7 Å². The molecule has 0 saturated heterocycles. The minimum Gasteiger partial charge on any atom is -0.294 e. The van der Waals surface area contributed by atoms with Crippen LogP contribution in [0.3, 0.4) is 0 Å². The molecule has 0 aliphatic heterocycles. The van der Waals surface area contributed by atoms with Crippen molar-refractivity contribution < 1.29 is 13.2 Å². The monoisotopic (exact) mass is 376 g/mol. The second kappa shape index (κ2) is 7.91. The van der Waals surface area contributed by atoms with E-state index in [2.05, 4.69) is 6.20 Å². The molecule has 26 heavy (non-hydrogen) atoms. The molecule has 1 heterocycles. The van der Waals surface area contributed by atoms with Gasteiger partial charge in [-0.1, -0.05) is 31.4 Å². The molecule has 1 aromatic heterocycles. The maximum absolute atomic E-state index is 12.5. The van der Waals surface area contributed by atoms with Gasteiger partial charge in [-0.05, 0) is 37.7 Å². The van der Waals surface area contributed by atoms with Gasteiger partial charge in [0.1, 0.15) is 9.84 Å². The van der Waals surface area contributed by atoms with Gasteiger partial charge in [0.15, 0.2) is 5.78 Å². The number of carbonyl (C=O) groups excluding carboxylic acids is 1. The molecule has 0 spiro atoms. The largest absolute Gasteiger partial charge is 0.294 e. The molecular formula is C20H28N2O3S. The van der Waals surface area contributed by atoms with Gasteiger partial charge in [-0.2, -0.15) is 5.10 Å². The van der Waals surface area contributed by atoms with Crippen LogP contribution in [0.4, 0.5) is 0 Å². The predicted molar refractivity (Wildman–Crippen MR) is 104 cm³/mol. The molecule has 1 aromatic carbocycles. The molecule has 3 rings (SSSR count). The van der Waals surface area contributed by atoms with Crippen LogP contribution < -0.4 is 0 Å². The number of aromatic nitrogens is 2. The number of hydrogen-bond donors (Lipinski definition) is 0. The molecule has 0 N–H and O–H groups in total. The van der Waals surface area contributed by atoms with E-state index >= 15 is 0 Å². The van der Waals surface area contributed by atoms with Crippen LogP contribution in [0.5, 0.6) is 0 Å². The Morgan fingerprint density at radius 1 is 1.23 bits per heavy atom. The normalized spacial score (nSPS) is 16.2. The Kier molecular flexibility index (Phi) is 5.80. The Labute approximate surface area is 155 Å². The quantitative estimate of drug-likeness (QED) is 0.687. The third-order valence-corrected chi connectivity index (χ3v) is 6.40. The maximum atomic E-state index is 12.5. The van der Waals surface area contributed by atoms with E-state index in [4.69, 9.17) is 5.10 Å². The SMILES string of the molecule is Cc1c(C(=O)CCCS(C)(=O)=O)ccc2cn(CC3CCCCC3)nc12. The first kappa shape index (κ1) is 19.1. The fourth-order valence-corrected chi connectivity index (χ4v) is 4.60. The fraction of sp³-hybridized carbons (Fsp3) is 0.600. The Morgan fingerprint density at radius 2 is 1.96 bits per heavy atom. The Balaban J connectivity index is 1.73. The van der Waals surface area contributed by atoms with Crippen LogP contribution in [0.1, 0.15) is 60.9 Å². The lowest BCUT2D eigenvalue weighted by molar-refractivity contribution is 0.0981. The highest BCUT2D eigenvalue weighted by Crippen LogP contribution is 2.27. The zero-order valence-corrected chi connectivity index (χ0v) is 16.5. The molecule has 1 saturated carbocycles. The smallest absolute Gasteiger partial charge is 0.163 e. The van der Waals surface area contributed by atoms with E-state index in [0.29, 0.717) is 17.9 Å². The van der Waals surface area contributed by atoms with Gasteiger partial charge in [0, 0.05) is 36.4 Å². The highest BCUT2D eigenvalue weighted by molar-refractivity contribution is 7.90. The Bertz CT molecular complexity index is 893. The van der Waals surface area contributed by atoms with E-state index in [-0.39, 0.29) is 18.0 Å². The molecule has 6 heteroatoms. The number of rotatable bonds is 7. The molecule has 0 unspecified atom stereocenters. The van der Waals surface area contributed by atoms with Crippen LogP contribution in [-0.4, -0.2) is 36.0 Å². The van der Waals surface area contributed by atoms with Crippen LogP contribution >= 0.6 is 0 Å². The van der Waals surface area contributed by atoms with Crippen LogP contribution in [0.2, 0.25) is 0 Å². The minimum atomic E-state index is -3.03. The van der Waals surface area contributed by atoms with Crippen molar-refractivity contribution in [1.82, 2.24) is 9.78 Å². The van der Waals surface area contributed by atoms with Gasteiger partial charge < -0.3 is 0 Å². The summed E-state index contributed by atoms with van der Waals surface area (Å²) >= 11 is 0. The second-order valence-corrected chi connectivity index (χ2v) is 9.95. The van der Waals surface area contributed by atoms with E-state index < -0.39 is 9.84 Å². The Hall–Kier alpha value is -1.69. The van der Waals surface area contributed by atoms with E-state index in [1.54, 1.807) is 0 Å². The zero-order chi connectivity index (χ0) is 18.7. The number of fused-ring (bicyclic) bond motifs is 1. The summed E-state index contributed by atoms with van der Waals surface area (Å²) in [4.78, 5) is 12.5. The Morgan fingerprint density at radius 3 is 2.65 bits per heavy atom. The van der Waals surface area contributed by atoms with Crippen molar-refractivity contribution in [3.63, 3.8) is 0 Å². The van der Waals surface area contributed by atoms with E-state index in [9.17, 15) is 13.2 Å². The zero-order valence-electron chi connectivity index (χ0n) is 15.7. The van der Waals surface area contributed by atoms with Crippen molar-refractivity contribution in [2.75, 3.05) is 12.0 Å². The minimum absolute atomic E-state index is 0.00474.